The number of ether oxygens (including phenoxy) is 1. The minimum absolute atomic E-state index is 0.0966. The van der Waals surface area contributed by atoms with Crippen molar-refractivity contribution in [2.45, 2.75) is 39.2 Å². The van der Waals surface area contributed by atoms with Crippen LogP contribution < -0.4 is 10.1 Å². The van der Waals surface area contributed by atoms with E-state index in [0.29, 0.717) is 12.1 Å². The zero-order valence-corrected chi connectivity index (χ0v) is 13.7. The highest BCUT2D eigenvalue weighted by Gasteiger charge is 2.18. The summed E-state index contributed by atoms with van der Waals surface area (Å²) < 4.78 is 5.79. The number of hydrogen-bond acceptors (Lipinski definition) is 4. The zero-order chi connectivity index (χ0) is 16.2. The van der Waals surface area contributed by atoms with Gasteiger partial charge in [0.1, 0.15) is 17.5 Å². The number of rotatable bonds is 7. The first-order valence-corrected chi connectivity index (χ1v) is 8.20. The van der Waals surface area contributed by atoms with Crippen LogP contribution in [-0.4, -0.2) is 35.2 Å². The number of hydrogen-bond donors (Lipinski definition) is 2. The maximum atomic E-state index is 12.3. The van der Waals surface area contributed by atoms with Gasteiger partial charge in [0.25, 0.3) is 0 Å². The summed E-state index contributed by atoms with van der Waals surface area (Å²) in [4.78, 5) is 12.3. The third-order valence-electron chi connectivity index (χ3n) is 4.34. The van der Waals surface area contributed by atoms with Gasteiger partial charge in [0.15, 0.2) is 5.78 Å². The fraction of sp³-hybridized carbons (Fsp3) is 0.444. The van der Waals surface area contributed by atoms with Crippen molar-refractivity contribution in [1.29, 1.82) is 0 Å². The van der Waals surface area contributed by atoms with Crippen LogP contribution in [0.5, 0.6) is 5.75 Å². The second-order valence-electron chi connectivity index (χ2n) is 5.99. The zero-order valence-electron chi connectivity index (χ0n) is 13.7. The minimum atomic E-state index is 0.0966. The fourth-order valence-electron chi connectivity index (χ4n) is 2.70. The number of aryl methyl sites for hydroxylation is 2. The molecule has 0 aliphatic carbocycles. The van der Waals surface area contributed by atoms with Crippen LogP contribution in [-0.2, 0) is 12.8 Å². The molecule has 0 bridgehead atoms. The van der Waals surface area contributed by atoms with Gasteiger partial charge in [0.05, 0.1) is 0 Å². The molecular formula is C18H23N3O2. The molecule has 0 saturated carbocycles. The summed E-state index contributed by atoms with van der Waals surface area (Å²) in [6.45, 7) is 5.84. The van der Waals surface area contributed by atoms with Crippen molar-refractivity contribution in [2.75, 3.05) is 13.1 Å². The van der Waals surface area contributed by atoms with Crippen LogP contribution in [0, 0.1) is 6.92 Å². The molecule has 0 unspecified atom stereocenters. The summed E-state index contributed by atoms with van der Waals surface area (Å²) in [6, 6.07) is 8.02. The van der Waals surface area contributed by atoms with Gasteiger partial charge in [0, 0.05) is 30.8 Å². The lowest BCUT2D eigenvalue weighted by Gasteiger charge is -2.27. The first-order chi connectivity index (χ1) is 11.2. The molecule has 5 nitrogen and oxygen atoms in total. The smallest absolute Gasteiger partial charge is 0.183 e. The standard InChI is InChI=1S/C18H23N3O2/c1-3-16-12(2)18(21-20-16)17(22)9-6-13-4-7-14(8-5-13)23-15-10-19-11-15/h4-5,7-8,15,19H,3,6,9-11H2,1-2H3,(H,20,21). The van der Waals surface area contributed by atoms with Crippen molar-refractivity contribution in [3.8, 4) is 5.75 Å². The number of aromatic nitrogens is 2. The Bertz CT molecular complexity index is 672. The third kappa shape index (κ3) is 3.62. The molecule has 5 heteroatoms. The Morgan fingerprint density at radius 3 is 2.61 bits per heavy atom. The molecule has 2 N–H and O–H groups in total. The topological polar surface area (TPSA) is 67.0 Å². The SMILES string of the molecule is CCc1[nH]nc(C(=O)CCc2ccc(OC3CNC3)cc2)c1C. The number of benzene rings is 1. The molecule has 0 atom stereocenters. The van der Waals surface area contributed by atoms with Crippen molar-refractivity contribution in [3.05, 3.63) is 46.8 Å². The van der Waals surface area contributed by atoms with Gasteiger partial charge in [-0.25, -0.2) is 0 Å². The number of Topliss-reactive ketones (excluding diaryl/α,β-unsaturated/α-hetero) is 1. The largest absolute Gasteiger partial charge is 0.488 e. The highest BCUT2D eigenvalue weighted by molar-refractivity contribution is 5.95. The molecule has 0 radical (unpaired) electrons. The summed E-state index contributed by atoms with van der Waals surface area (Å²) >= 11 is 0. The molecule has 2 aromatic rings. The molecule has 0 spiro atoms. The highest BCUT2D eigenvalue weighted by atomic mass is 16.5. The summed E-state index contributed by atoms with van der Waals surface area (Å²) in [5.74, 6) is 0.988. The van der Waals surface area contributed by atoms with Crippen LogP contribution in [0.1, 0.15) is 40.7 Å². The predicted molar refractivity (Wildman–Crippen MR) is 89.1 cm³/mol. The van der Waals surface area contributed by atoms with E-state index in [1.54, 1.807) is 0 Å². The Labute approximate surface area is 136 Å². The average molecular weight is 313 g/mol. The Morgan fingerprint density at radius 1 is 1.30 bits per heavy atom. The number of nitrogens with one attached hydrogen (secondary N) is 2. The minimum Gasteiger partial charge on any atom is -0.488 e. The van der Waals surface area contributed by atoms with Crippen molar-refractivity contribution in [1.82, 2.24) is 15.5 Å². The van der Waals surface area contributed by atoms with Gasteiger partial charge in [-0.1, -0.05) is 19.1 Å². The molecule has 1 aromatic carbocycles. The lowest BCUT2D eigenvalue weighted by atomic mass is 10.0. The van der Waals surface area contributed by atoms with Gasteiger partial charge in [-0.05, 0) is 37.5 Å². The molecule has 1 aliphatic heterocycles. The van der Waals surface area contributed by atoms with Gasteiger partial charge in [-0.2, -0.15) is 5.10 Å². The van der Waals surface area contributed by atoms with Gasteiger partial charge in [-0.15, -0.1) is 0 Å². The van der Waals surface area contributed by atoms with Crippen LogP contribution in [0.2, 0.25) is 0 Å². The lowest BCUT2D eigenvalue weighted by molar-refractivity contribution is 0.0977. The predicted octanol–water partition coefficient (Wildman–Crippen LogP) is 2.45. The second kappa shape index (κ2) is 6.96. The van der Waals surface area contributed by atoms with Crippen LogP contribution >= 0.6 is 0 Å². The maximum Gasteiger partial charge on any atom is 0.183 e. The van der Waals surface area contributed by atoms with E-state index in [1.165, 1.54) is 0 Å². The molecule has 23 heavy (non-hydrogen) atoms. The normalized spacial score (nSPS) is 14.5. The van der Waals surface area contributed by atoms with Crippen molar-refractivity contribution < 1.29 is 9.53 Å². The molecule has 3 rings (SSSR count). The van der Waals surface area contributed by atoms with Crippen LogP contribution in [0.25, 0.3) is 0 Å². The van der Waals surface area contributed by atoms with Crippen LogP contribution in [0.4, 0.5) is 0 Å². The number of aromatic amines is 1. The van der Waals surface area contributed by atoms with E-state index in [0.717, 1.165) is 48.5 Å². The molecular weight excluding hydrogens is 290 g/mol. The number of carbonyl (C=O) groups excluding carboxylic acids is 1. The van der Waals surface area contributed by atoms with E-state index >= 15 is 0 Å². The van der Waals surface area contributed by atoms with E-state index in [1.807, 2.05) is 31.2 Å². The van der Waals surface area contributed by atoms with E-state index in [-0.39, 0.29) is 11.9 Å². The van der Waals surface area contributed by atoms with Crippen LogP contribution in [0.15, 0.2) is 24.3 Å². The van der Waals surface area contributed by atoms with Gasteiger partial charge < -0.3 is 10.1 Å². The average Bonchev–Trinajstić information content (AvgIpc) is 2.90. The Balaban J connectivity index is 1.54. The quantitative estimate of drug-likeness (QED) is 0.771. The Hall–Kier alpha value is -2.14. The summed E-state index contributed by atoms with van der Waals surface area (Å²) in [7, 11) is 0. The van der Waals surface area contributed by atoms with E-state index in [2.05, 4.69) is 22.4 Å². The molecule has 0 amide bonds. The molecule has 2 heterocycles. The van der Waals surface area contributed by atoms with E-state index < -0.39 is 0 Å². The first-order valence-electron chi connectivity index (χ1n) is 8.20. The number of carbonyl (C=O) groups is 1. The summed E-state index contributed by atoms with van der Waals surface area (Å²) in [6.07, 6.45) is 2.35. The van der Waals surface area contributed by atoms with Gasteiger partial charge in [-0.3, -0.25) is 9.89 Å². The Morgan fingerprint density at radius 2 is 2.04 bits per heavy atom. The molecule has 1 aliphatic rings. The second-order valence-corrected chi connectivity index (χ2v) is 5.99. The highest BCUT2D eigenvalue weighted by Crippen LogP contribution is 2.18. The molecule has 1 fully saturated rings. The van der Waals surface area contributed by atoms with E-state index in [9.17, 15) is 4.79 Å². The number of ketones is 1. The molecule has 1 saturated heterocycles. The van der Waals surface area contributed by atoms with Crippen molar-refractivity contribution in [2.24, 2.45) is 0 Å². The lowest BCUT2D eigenvalue weighted by Crippen LogP contribution is -2.50. The third-order valence-corrected chi connectivity index (χ3v) is 4.34. The number of nitrogens with zero attached hydrogens (tertiary/aromatic N) is 1. The molecule has 122 valence electrons. The maximum absolute atomic E-state index is 12.3. The summed E-state index contributed by atoms with van der Waals surface area (Å²) in [5, 5.41) is 10.3. The fourth-order valence-corrected chi connectivity index (χ4v) is 2.70. The van der Waals surface area contributed by atoms with Gasteiger partial charge in [0.2, 0.25) is 0 Å². The number of H-pyrrole nitrogens is 1. The monoisotopic (exact) mass is 313 g/mol. The Kier molecular flexibility index (Phi) is 4.76. The van der Waals surface area contributed by atoms with E-state index in [4.69, 9.17) is 4.74 Å². The van der Waals surface area contributed by atoms with Crippen molar-refractivity contribution in [3.63, 3.8) is 0 Å². The first kappa shape index (κ1) is 15.7. The van der Waals surface area contributed by atoms with Crippen LogP contribution in [0.3, 0.4) is 0 Å². The van der Waals surface area contributed by atoms with Crippen molar-refractivity contribution >= 4 is 5.78 Å². The molecule has 1 aromatic heterocycles. The summed E-state index contributed by atoms with van der Waals surface area (Å²) in [5.41, 5.74) is 3.75. The van der Waals surface area contributed by atoms with Gasteiger partial charge >= 0.3 is 0 Å².